The molecule has 1 aliphatic rings. The van der Waals surface area contributed by atoms with Crippen molar-refractivity contribution in [2.24, 2.45) is 0 Å². The lowest BCUT2D eigenvalue weighted by molar-refractivity contribution is 0.282. The Kier molecular flexibility index (Phi) is 6.43. The van der Waals surface area contributed by atoms with Gasteiger partial charge in [0.05, 0.1) is 16.7 Å². The van der Waals surface area contributed by atoms with Crippen LogP contribution in [0, 0.1) is 0 Å². The molecule has 1 fully saturated rings. The molecule has 150 valence electrons. The van der Waals surface area contributed by atoms with E-state index in [2.05, 4.69) is 59.3 Å². The van der Waals surface area contributed by atoms with E-state index < -0.39 is 0 Å². The summed E-state index contributed by atoms with van der Waals surface area (Å²) < 4.78 is 0. The number of aliphatic hydroxyl groups excluding tert-OH is 1. The van der Waals surface area contributed by atoms with Gasteiger partial charge in [-0.2, -0.15) is 0 Å². The summed E-state index contributed by atoms with van der Waals surface area (Å²) in [5.74, 6) is 0. The first kappa shape index (κ1) is 20.3. The van der Waals surface area contributed by atoms with E-state index in [1.54, 1.807) is 18.0 Å². The summed E-state index contributed by atoms with van der Waals surface area (Å²) >= 11 is 7.74. The number of nitrogens with zero attached hydrogens (tertiary/aromatic N) is 2. The van der Waals surface area contributed by atoms with Gasteiger partial charge in [-0.25, -0.2) is 4.98 Å². The second kappa shape index (κ2) is 9.21. The lowest BCUT2D eigenvalue weighted by Gasteiger charge is -2.22. The molecule has 2 heterocycles. The smallest absolute Gasteiger partial charge is 0.0964 e. The van der Waals surface area contributed by atoms with E-state index in [1.807, 2.05) is 12.1 Å². The predicted molar refractivity (Wildman–Crippen MR) is 123 cm³/mol. The lowest BCUT2D eigenvalue weighted by Crippen LogP contribution is -2.21. The zero-order chi connectivity index (χ0) is 20.2. The number of hydrogen-bond acceptors (Lipinski definition) is 4. The van der Waals surface area contributed by atoms with Crippen molar-refractivity contribution in [3.63, 3.8) is 0 Å². The fourth-order valence-electron chi connectivity index (χ4n) is 3.94. The van der Waals surface area contributed by atoms with E-state index in [1.165, 1.54) is 16.7 Å². The van der Waals surface area contributed by atoms with E-state index in [0.29, 0.717) is 10.3 Å². The van der Waals surface area contributed by atoms with Gasteiger partial charge in [0.2, 0.25) is 0 Å². The van der Waals surface area contributed by atoms with Crippen LogP contribution in [0.25, 0.3) is 11.1 Å². The maximum atomic E-state index is 10.0. The largest absolute Gasteiger partial charge is 0.392 e. The molecular weight excluding hydrogens is 400 g/mol. The van der Waals surface area contributed by atoms with E-state index in [-0.39, 0.29) is 6.61 Å². The molecule has 3 aromatic rings. The molecule has 0 aliphatic carbocycles. The van der Waals surface area contributed by atoms with Crippen molar-refractivity contribution in [2.75, 3.05) is 18.0 Å². The first-order chi connectivity index (χ1) is 14.2. The number of anilines is 1. The molecule has 29 heavy (non-hydrogen) atoms. The highest BCUT2D eigenvalue weighted by Crippen LogP contribution is 2.35. The SMILES string of the molecule is CCc1ccccc1-c1ccc(N2CC[C@H](Sc3ccc(Cl)cn3)C2)c(CO)c1. The number of pyridine rings is 1. The Hall–Kier alpha value is -2.01. The Morgan fingerprint density at radius 1 is 1.14 bits per heavy atom. The number of aryl methyl sites for hydroxylation is 1. The Balaban J connectivity index is 1.52. The highest BCUT2D eigenvalue weighted by molar-refractivity contribution is 7.99. The van der Waals surface area contributed by atoms with Gasteiger partial charge >= 0.3 is 0 Å². The first-order valence-electron chi connectivity index (χ1n) is 10.0. The third-order valence-corrected chi connectivity index (χ3v) is 6.86. The summed E-state index contributed by atoms with van der Waals surface area (Å²) in [4.78, 5) is 6.79. The van der Waals surface area contributed by atoms with E-state index in [4.69, 9.17) is 11.6 Å². The van der Waals surface area contributed by atoms with Crippen LogP contribution in [0.4, 0.5) is 5.69 Å². The molecule has 4 rings (SSSR count). The normalized spacial score (nSPS) is 16.4. The molecule has 0 unspecified atom stereocenters. The Morgan fingerprint density at radius 3 is 2.76 bits per heavy atom. The third kappa shape index (κ3) is 4.61. The second-order valence-corrected chi connectivity index (χ2v) is 9.06. The van der Waals surface area contributed by atoms with Crippen LogP contribution < -0.4 is 4.90 Å². The van der Waals surface area contributed by atoms with Gasteiger partial charge in [0, 0.05) is 35.8 Å². The summed E-state index contributed by atoms with van der Waals surface area (Å²) in [5, 5.41) is 12.2. The van der Waals surface area contributed by atoms with Gasteiger partial charge in [-0.3, -0.25) is 0 Å². The molecule has 1 aromatic heterocycles. The molecule has 0 saturated carbocycles. The van der Waals surface area contributed by atoms with Gasteiger partial charge < -0.3 is 10.0 Å². The molecule has 1 atom stereocenters. The quantitative estimate of drug-likeness (QED) is 0.540. The van der Waals surface area contributed by atoms with Crippen molar-refractivity contribution in [1.29, 1.82) is 0 Å². The summed E-state index contributed by atoms with van der Waals surface area (Å²) in [5.41, 5.74) is 5.88. The predicted octanol–water partition coefficient (Wildman–Crippen LogP) is 5.83. The monoisotopic (exact) mass is 424 g/mol. The second-order valence-electron chi connectivity index (χ2n) is 7.30. The summed E-state index contributed by atoms with van der Waals surface area (Å²) in [6, 6.07) is 18.9. The molecular formula is C24H25ClN2OS. The molecule has 1 aliphatic heterocycles. The minimum absolute atomic E-state index is 0.0461. The molecule has 1 N–H and O–H groups in total. The fourth-order valence-corrected chi connectivity index (χ4v) is 5.14. The van der Waals surface area contributed by atoms with Crippen LogP contribution >= 0.6 is 23.4 Å². The maximum absolute atomic E-state index is 10.0. The summed E-state index contributed by atoms with van der Waals surface area (Å²) in [6.07, 6.45) is 3.80. The molecule has 0 amide bonds. The Labute approximate surface area is 181 Å². The molecule has 0 bridgehead atoms. The molecule has 0 spiro atoms. The highest BCUT2D eigenvalue weighted by atomic mass is 35.5. The molecule has 3 nitrogen and oxygen atoms in total. The van der Waals surface area contributed by atoms with Gasteiger partial charge in [-0.15, -0.1) is 11.8 Å². The molecule has 1 saturated heterocycles. The average molecular weight is 425 g/mol. The first-order valence-corrected chi connectivity index (χ1v) is 11.3. The van der Waals surface area contributed by atoms with E-state index in [0.717, 1.165) is 42.2 Å². The van der Waals surface area contributed by atoms with E-state index in [9.17, 15) is 5.11 Å². The summed E-state index contributed by atoms with van der Waals surface area (Å²) in [6.45, 7) is 4.16. The molecule has 5 heteroatoms. The van der Waals surface area contributed by atoms with Crippen molar-refractivity contribution in [1.82, 2.24) is 4.98 Å². The van der Waals surface area contributed by atoms with Gasteiger partial charge in [0.15, 0.2) is 0 Å². The standard InChI is InChI=1S/C24H25ClN2OS/c1-2-17-5-3-4-6-22(17)18-7-9-23(19(13-18)16-28)27-12-11-21(15-27)29-24-10-8-20(25)14-26-24/h3-10,13-14,21,28H,2,11-12,15-16H2,1H3/t21-/m0/s1. The third-order valence-electron chi connectivity index (χ3n) is 5.43. The fraction of sp³-hybridized carbons (Fsp3) is 0.292. The highest BCUT2D eigenvalue weighted by Gasteiger charge is 2.25. The van der Waals surface area contributed by atoms with Crippen molar-refractivity contribution in [3.8, 4) is 11.1 Å². The number of rotatable bonds is 6. The summed E-state index contributed by atoms with van der Waals surface area (Å²) in [7, 11) is 0. The number of aliphatic hydroxyl groups is 1. The Bertz CT molecular complexity index is 977. The number of hydrogen-bond donors (Lipinski definition) is 1. The molecule has 2 aromatic carbocycles. The number of benzene rings is 2. The lowest BCUT2D eigenvalue weighted by atomic mass is 9.96. The average Bonchev–Trinajstić information content (AvgIpc) is 3.23. The Morgan fingerprint density at radius 2 is 2.00 bits per heavy atom. The van der Waals surface area contributed by atoms with Crippen LogP contribution in [0.5, 0.6) is 0 Å². The van der Waals surface area contributed by atoms with Gasteiger partial charge in [0.25, 0.3) is 0 Å². The maximum Gasteiger partial charge on any atom is 0.0964 e. The number of aromatic nitrogens is 1. The van der Waals surface area contributed by atoms with Gasteiger partial charge in [-0.1, -0.05) is 48.9 Å². The zero-order valence-corrected chi connectivity index (χ0v) is 18.1. The van der Waals surface area contributed by atoms with Crippen LogP contribution in [-0.4, -0.2) is 28.4 Å². The van der Waals surface area contributed by atoms with Crippen molar-refractivity contribution in [3.05, 3.63) is 76.9 Å². The van der Waals surface area contributed by atoms with Crippen LogP contribution in [0.3, 0.4) is 0 Å². The number of thioether (sulfide) groups is 1. The van der Waals surface area contributed by atoms with Crippen LogP contribution in [0.2, 0.25) is 5.02 Å². The van der Waals surface area contributed by atoms with Gasteiger partial charge in [0.1, 0.15) is 0 Å². The van der Waals surface area contributed by atoms with Crippen LogP contribution in [0.1, 0.15) is 24.5 Å². The van der Waals surface area contributed by atoms with Crippen LogP contribution in [0.15, 0.2) is 65.8 Å². The van der Waals surface area contributed by atoms with E-state index >= 15 is 0 Å². The van der Waals surface area contributed by atoms with Crippen molar-refractivity contribution < 1.29 is 5.11 Å². The molecule has 0 radical (unpaired) electrons. The van der Waals surface area contributed by atoms with Crippen molar-refractivity contribution in [2.45, 2.75) is 36.6 Å². The minimum Gasteiger partial charge on any atom is -0.392 e. The minimum atomic E-state index is 0.0461. The zero-order valence-electron chi connectivity index (χ0n) is 16.5. The van der Waals surface area contributed by atoms with Gasteiger partial charge in [-0.05, 0) is 53.8 Å². The van der Waals surface area contributed by atoms with Crippen LogP contribution in [-0.2, 0) is 13.0 Å². The number of halogens is 1. The topological polar surface area (TPSA) is 36.4 Å². The van der Waals surface area contributed by atoms with Crippen molar-refractivity contribution >= 4 is 29.1 Å².